The zero-order chi connectivity index (χ0) is 30.6. The Balaban J connectivity index is 1.62. The second-order valence-corrected chi connectivity index (χ2v) is 12.6. The smallest absolute Gasteiger partial charge is 0.323 e. The maximum absolute atomic E-state index is 13.5. The molecule has 2 heterocycles. The van der Waals surface area contributed by atoms with E-state index in [1.807, 2.05) is 6.92 Å². The third-order valence-electron chi connectivity index (χ3n) is 7.33. The molecule has 1 aliphatic rings. The first kappa shape index (κ1) is 31.0. The van der Waals surface area contributed by atoms with Gasteiger partial charge in [-0.15, -0.1) is 0 Å². The summed E-state index contributed by atoms with van der Waals surface area (Å²) in [5.41, 5.74) is 1.93. The van der Waals surface area contributed by atoms with E-state index in [0.717, 1.165) is 0 Å². The van der Waals surface area contributed by atoms with E-state index in [1.165, 1.54) is 23.5 Å². The summed E-state index contributed by atoms with van der Waals surface area (Å²) in [6, 6.07) is 12.1. The number of likely N-dealkylation sites (N-methyl/N-ethyl adjacent to an activating group) is 1. The molecule has 1 aromatic heterocycles. The number of aryl methyl sites for hydroxylation is 2. The Hall–Kier alpha value is -3.94. The summed E-state index contributed by atoms with van der Waals surface area (Å²) in [5, 5.41) is 19.2. The molecule has 0 fully saturated rings. The van der Waals surface area contributed by atoms with Crippen LogP contribution in [0.5, 0.6) is 5.75 Å². The van der Waals surface area contributed by atoms with Crippen LogP contribution in [-0.2, 0) is 21.2 Å². The molecule has 4 rings (SSSR count). The monoisotopic (exact) mass is 599 g/mol. The number of ether oxygens (including phenoxy) is 1. The highest BCUT2D eigenvalue weighted by Crippen LogP contribution is 2.30. The van der Waals surface area contributed by atoms with Crippen molar-refractivity contribution < 1.29 is 32.4 Å². The molecule has 3 aromatic rings. The molecule has 2 aromatic carbocycles. The van der Waals surface area contributed by atoms with Crippen LogP contribution in [0.3, 0.4) is 0 Å². The number of amides is 3. The number of hydrogen-bond donors (Lipinski definition) is 3. The summed E-state index contributed by atoms with van der Waals surface area (Å²) in [6.45, 7) is 7.08. The predicted molar refractivity (Wildman–Crippen MR) is 157 cm³/mol. The molecule has 3 atom stereocenters. The van der Waals surface area contributed by atoms with E-state index in [0.29, 0.717) is 34.1 Å². The number of sulfonamides is 1. The number of aliphatic hydroxyl groups is 1. The number of fused-ring (bicyclic) bond motifs is 1. The third-order valence-corrected chi connectivity index (χ3v) is 9.17. The van der Waals surface area contributed by atoms with Crippen LogP contribution in [0.15, 0.2) is 57.9 Å². The fourth-order valence-corrected chi connectivity index (χ4v) is 5.99. The summed E-state index contributed by atoms with van der Waals surface area (Å²) < 4.78 is 39.3. The van der Waals surface area contributed by atoms with Crippen molar-refractivity contribution in [3.8, 4) is 5.75 Å². The van der Waals surface area contributed by atoms with Crippen molar-refractivity contribution in [2.75, 3.05) is 37.4 Å². The molecule has 0 radical (unpaired) electrons. The van der Waals surface area contributed by atoms with Gasteiger partial charge in [-0.05, 0) is 51.1 Å². The standard InChI is InChI=1S/C29H37N5O7S/c1-18-15-34(19(2)17-35)27(36)14-22-13-23(30-29(37)31-28-20(3)32-41-21(28)4)11-12-25(22)40-26(18)16-33(5)42(38,39)24-9-7-6-8-10-24/h6-13,18-19,26,35H,14-17H2,1-5H3,(H2,30,31,37)/t18-,19+,26-/m1/s1. The number of urea groups is 1. The summed E-state index contributed by atoms with van der Waals surface area (Å²) >= 11 is 0. The molecule has 13 heteroatoms. The first-order chi connectivity index (χ1) is 19.9. The van der Waals surface area contributed by atoms with Crippen LogP contribution >= 0.6 is 0 Å². The fraction of sp³-hybridized carbons (Fsp3) is 0.414. The topological polar surface area (TPSA) is 154 Å². The van der Waals surface area contributed by atoms with Gasteiger partial charge in [0, 0.05) is 30.8 Å². The maximum Gasteiger partial charge on any atom is 0.323 e. The summed E-state index contributed by atoms with van der Waals surface area (Å²) in [4.78, 5) is 27.9. The van der Waals surface area contributed by atoms with Gasteiger partial charge in [-0.3, -0.25) is 4.79 Å². The molecule has 226 valence electrons. The number of benzene rings is 2. The number of nitrogens with one attached hydrogen (secondary N) is 2. The average Bonchev–Trinajstić information content (AvgIpc) is 3.29. The number of hydrogen-bond acceptors (Lipinski definition) is 8. The van der Waals surface area contributed by atoms with E-state index < -0.39 is 28.2 Å². The second kappa shape index (κ2) is 12.9. The van der Waals surface area contributed by atoms with Gasteiger partial charge in [0.25, 0.3) is 0 Å². The van der Waals surface area contributed by atoms with Crippen LogP contribution in [0, 0.1) is 19.8 Å². The van der Waals surface area contributed by atoms with Gasteiger partial charge in [0.15, 0.2) is 5.76 Å². The lowest BCUT2D eigenvalue weighted by atomic mass is 10.0. The fourth-order valence-electron chi connectivity index (χ4n) is 4.79. The van der Waals surface area contributed by atoms with Gasteiger partial charge in [0.2, 0.25) is 15.9 Å². The van der Waals surface area contributed by atoms with Crippen molar-refractivity contribution >= 4 is 33.3 Å². The van der Waals surface area contributed by atoms with Crippen LogP contribution in [0.4, 0.5) is 16.2 Å². The molecular weight excluding hydrogens is 562 g/mol. The van der Waals surface area contributed by atoms with Gasteiger partial charge in [-0.2, -0.15) is 4.31 Å². The number of aliphatic hydroxyl groups excluding tert-OH is 1. The zero-order valence-electron chi connectivity index (χ0n) is 24.3. The van der Waals surface area contributed by atoms with Gasteiger partial charge in [0.1, 0.15) is 23.2 Å². The SMILES string of the molecule is Cc1noc(C)c1NC(=O)Nc1ccc2c(c1)CC(=O)N([C@@H](C)CO)C[C@@H](C)[C@@H](CN(C)S(=O)(=O)c1ccccc1)O2. The first-order valence-electron chi connectivity index (χ1n) is 13.6. The van der Waals surface area contributed by atoms with Crippen LogP contribution in [0.25, 0.3) is 0 Å². The molecule has 3 N–H and O–H groups in total. The summed E-state index contributed by atoms with van der Waals surface area (Å²) in [5.74, 6) is 0.354. The molecule has 1 aliphatic heterocycles. The Morgan fingerprint density at radius 2 is 1.90 bits per heavy atom. The molecular formula is C29H37N5O7S. The number of carbonyl (C=O) groups is 2. The lowest BCUT2D eigenvalue weighted by Gasteiger charge is -2.33. The van der Waals surface area contributed by atoms with E-state index >= 15 is 0 Å². The van der Waals surface area contributed by atoms with Gasteiger partial charge in [0.05, 0.1) is 30.5 Å². The summed E-state index contributed by atoms with van der Waals surface area (Å²) in [6.07, 6.45) is -0.675. The zero-order valence-corrected chi connectivity index (χ0v) is 25.1. The van der Waals surface area contributed by atoms with Crippen molar-refractivity contribution in [2.45, 2.75) is 51.2 Å². The van der Waals surface area contributed by atoms with Crippen LogP contribution in [-0.4, -0.2) is 78.7 Å². The molecule has 42 heavy (non-hydrogen) atoms. The quantitative estimate of drug-likeness (QED) is 0.356. The van der Waals surface area contributed by atoms with E-state index in [4.69, 9.17) is 9.26 Å². The lowest BCUT2D eigenvalue weighted by Crippen LogP contribution is -2.48. The van der Waals surface area contributed by atoms with Crippen LogP contribution in [0.1, 0.15) is 30.9 Å². The molecule has 12 nitrogen and oxygen atoms in total. The predicted octanol–water partition coefficient (Wildman–Crippen LogP) is 3.41. The molecule has 0 aliphatic carbocycles. The Labute approximate surface area is 245 Å². The minimum absolute atomic E-state index is 0.0210. The van der Waals surface area contributed by atoms with E-state index in [-0.39, 0.29) is 42.8 Å². The largest absolute Gasteiger partial charge is 0.488 e. The maximum atomic E-state index is 13.5. The summed E-state index contributed by atoms with van der Waals surface area (Å²) in [7, 11) is -2.30. The normalized spacial score (nSPS) is 18.4. The van der Waals surface area contributed by atoms with E-state index in [9.17, 15) is 23.1 Å². The van der Waals surface area contributed by atoms with Crippen LogP contribution < -0.4 is 15.4 Å². The highest BCUT2D eigenvalue weighted by Gasteiger charge is 2.33. The molecule has 0 saturated heterocycles. The number of anilines is 2. The average molecular weight is 600 g/mol. The Morgan fingerprint density at radius 3 is 2.55 bits per heavy atom. The van der Waals surface area contributed by atoms with Gasteiger partial charge in [-0.1, -0.05) is 30.3 Å². The highest BCUT2D eigenvalue weighted by molar-refractivity contribution is 7.89. The highest BCUT2D eigenvalue weighted by atomic mass is 32.2. The van der Waals surface area contributed by atoms with Crippen molar-refractivity contribution in [3.05, 3.63) is 65.5 Å². The Bertz CT molecular complexity index is 1510. The Kier molecular flexibility index (Phi) is 9.54. The molecule has 3 amide bonds. The van der Waals surface area contributed by atoms with Crippen molar-refractivity contribution in [2.24, 2.45) is 5.92 Å². The lowest BCUT2D eigenvalue weighted by molar-refractivity contribution is -0.134. The van der Waals surface area contributed by atoms with Gasteiger partial charge >= 0.3 is 6.03 Å². The van der Waals surface area contributed by atoms with Crippen molar-refractivity contribution in [1.29, 1.82) is 0 Å². The minimum atomic E-state index is -3.80. The molecule has 0 bridgehead atoms. The van der Waals surface area contributed by atoms with E-state index in [2.05, 4.69) is 15.8 Å². The number of nitrogens with zero attached hydrogens (tertiary/aromatic N) is 3. The third kappa shape index (κ3) is 6.92. The number of carbonyl (C=O) groups excluding carboxylic acids is 2. The second-order valence-electron chi connectivity index (χ2n) is 10.6. The molecule has 0 spiro atoms. The van der Waals surface area contributed by atoms with Crippen LogP contribution in [0.2, 0.25) is 0 Å². The molecule has 0 saturated carbocycles. The molecule has 0 unspecified atom stereocenters. The first-order valence-corrected chi connectivity index (χ1v) is 15.1. The number of aromatic nitrogens is 1. The minimum Gasteiger partial charge on any atom is -0.488 e. The van der Waals surface area contributed by atoms with Crippen molar-refractivity contribution in [1.82, 2.24) is 14.4 Å². The van der Waals surface area contributed by atoms with Gasteiger partial charge in [-0.25, -0.2) is 13.2 Å². The number of rotatable bonds is 8. The van der Waals surface area contributed by atoms with Crippen molar-refractivity contribution in [3.63, 3.8) is 0 Å². The van der Waals surface area contributed by atoms with Gasteiger partial charge < -0.3 is 29.9 Å². The Morgan fingerprint density at radius 1 is 1.19 bits per heavy atom. The van der Waals surface area contributed by atoms with E-state index in [1.54, 1.807) is 62.1 Å².